The molecule has 8 heteroatoms. The van der Waals surface area contributed by atoms with Crippen LogP contribution in [0.4, 0.5) is 5.82 Å². The molecule has 0 saturated carbocycles. The third kappa shape index (κ3) is 4.23. The van der Waals surface area contributed by atoms with Crippen molar-refractivity contribution >= 4 is 22.6 Å². The Morgan fingerprint density at radius 2 is 2.07 bits per heavy atom. The summed E-state index contributed by atoms with van der Waals surface area (Å²) in [7, 11) is 1.63. The van der Waals surface area contributed by atoms with Crippen molar-refractivity contribution in [2.45, 2.75) is 13.5 Å². The molecule has 0 spiro atoms. The molecule has 1 aliphatic heterocycles. The molecule has 152 valence electrons. The Labute approximate surface area is 169 Å². The maximum atomic E-state index is 13.0. The predicted octanol–water partition coefficient (Wildman–Crippen LogP) is 2.33. The Morgan fingerprint density at radius 3 is 2.83 bits per heavy atom. The summed E-state index contributed by atoms with van der Waals surface area (Å²) in [6.07, 6.45) is 1.67. The monoisotopic (exact) mass is 395 g/mol. The minimum absolute atomic E-state index is 0.286. The number of nitrogens with one attached hydrogen (secondary N) is 1. The average molecular weight is 395 g/mol. The fourth-order valence-electron chi connectivity index (χ4n) is 3.54. The lowest BCUT2D eigenvalue weighted by molar-refractivity contribution is 0.0361. The highest BCUT2D eigenvalue weighted by molar-refractivity contribution is 6.11. The van der Waals surface area contributed by atoms with E-state index in [9.17, 15) is 4.79 Å². The van der Waals surface area contributed by atoms with Gasteiger partial charge in [-0.2, -0.15) is 5.10 Å². The average Bonchev–Trinajstić information content (AvgIpc) is 3.12. The summed E-state index contributed by atoms with van der Waals surface area (Å²) in [6, 6.07) is 9.37. The maximum Gasteiger partial charge on any atom is 0.277 e. The van der Waals surface area contributed by atoms with Crippen LogP contribution in [0.3, 0.4) is 0 Å². The highest BCUT2D eigenvalue weighted by atomic mass is 16.5. The molecule has 0 unspecified atom stereocenters. The van der Waals surface area contributed by atoms with Crippen molar-refractivity contribution in [2.24, 2.45) is 0 Å². The molecule has 1 fully saturated rings. The third-order valence-corrected chi connectivity index (χ3v) is 5.06. The molecule has 1 amide bonds. The molecule has 1 aliphatic rings. The van der Waals surface area contributed by atoms with Crippen LogP contribution in [-0.2, 0) is 11.3 Å². The van der Waals surface area contributed by atoms with E-state index >= 15 is 0 Å². The van der Waals surface area contributed by atoms with E-state index in [1.807, 2.05) is 41.9 Å². The number of methoxy groups -OCH3 is 1. The van der Waals surface area contributed by atoms with Crippen LogP contribution in [-0.4, -0.2) is 65.5 Å². The van der Waals surface area contributed by atoms with E-state index in [4.69, 9.17) is 9.47 Å². The number of fused-ring (bicyclic) bond motifs is 1. The molecule has 0 atom stereocenters. The fraction of sp³-hybridized carbons (Fsp3) is 0.381. The van der Waals surface area contributed by atoms with Gasteiger partial charge in [0.05, 0.1) is 26.9 Å². The molecule has 3 heterocycles. The van der Waals surface area contributed by atoms with Gasteiger partial charge in [-0.1, -0.05) is 12.1 Å². The number of carbonyl (C=O) groups is 1. The van der Waals surface area contributed by atoms with Crippen LogP contribution < -0.4 is 10.1 Å². The Bertz CT molecular complexity index is 1010. The lowest BCUT2D eigenvalue weighted by Gasteiger charge is -2.26. The summed E-state index contributed by atoms with van der Waals surface area (Å²) in [4.78, 5) is 19.5. The zero-order valence-corrected chi connectivity index (χ0v) is 16.7. The predicted molar refractivity (Wildman–Crippen MR) is 110 cm³/mol. The second kappa shape index (κ2) is 8.59. The van der Waals surface area contributed by atoms with Gasteiger partial charge in [0.1, 0.15) is 17.1 Å². The first-order valence-corrected chi connectivity index (χ1v) is 9.73. The summed E-state index contributed by atoms with van der Waals surface area (Å²) in [5, 5.41) is 8.25. The zero-order chi connectivity index (χ0) is 20.2. The summed E-state index contributed by atoms with van der Waals surface area (Å²) in [5.74, 6) is 0.921. The molecule has 1 aromatic carbocycles. The Kier molecular flexibility index (Phi) is 5.73. The molecule has 0 bridgehead atoms. The molecular formula is C21H25N5O3. The number of aryl methyl sites for hydroxylation is 1. The van der Waals surface area contributed by atoms with Crippen LogP contribution in [0.5, 0.6) is 5.75 Å². The van der Waals surface area contributed by atoms with Gasteiger partial charge in [-0.05, 0) is 30.7 Å². The van der Waals surface area contributed by atoms with E-state index in [2.05, 4.69) is 20.3 Å². The number of amides is 1. The molecule has 29 heavy (non-hydrogen) atoms. The van der Waals surface area contributed by atoms with Gasteiger partial charge >= 0.3 is 0 Å². The van der Waals surface area contributed by atoms with Gasteiger partial charge in [-0.3, -0.25) is 14.4 Å². The minimum atomic E-state index is -0.286. The molecule has 0 radical (unpaired) electrons. The third-order valence-electron chi connectivity index (χ3n) is 5.06. The molecule has 2 aromatic heterocycles. The van der Waals surface area contributed by atoms with Gasteiger partial charge in [0.25, 0.3) is 5.91 Å². The quantitative estimate of drug-likeness (QED) is 0.690. The number of rotatable bonds is 6. The molecule has 1 N–H and O–H groups in total. The van der Waals surface area contributed by atoms with Crippen molar-refractivity contribution in [1.29, 1.82) is 0 Å². The topological polar surface area (TPSA) is 81.5 Å². The van der Waals surface area contributed by atoms with Crippen LogP contribution in [0.1, 0.15) is 16.1 Å². The Balaban J connectivity index is 1.64. The number of nitrogens with zero attached hydrogens (tertiary/aromatic N) is 4. The number of benzene rings is 1. The number of pyridine rings is 1. The van der Waals surface area contributed by atoms with Crippen LogP contribution >= 0.6 is 0 Å². The number of hydrogen-bond donors (Lipinski definition) is 1. The van der Waals surface area contributed by atoms with Crippen molar-refractivity contribution < 1.29 is 14.3 Å². The van der Waals surface area contributed by atoms with Gasteiger partial charge in [0.2, 0.25) is 0 Å². The minimum Gasteiger partial charge on any atom is -0.494 e. The second-order valence-electron chi connectivity index (χ2n) is 7.05. The molecule has 3 aromatic rings. The van der Waals surface area contributed by atoms with Gasteiger partial charge < -0.3 is 14.8 Å². The van der Waals surface area contributed by atoms with Gasteiger partial charge in [0.15, 0.2) is 5.69 Å². The van der Waals surface area contributed by atoms with Crippen molar-refractivity contribution in [1.82, 2.24) is 19.7 Å². The van der Waals surface area contributed by atoms with Crippen LogP contribution in [0, 0.1) is 6.92 Å². The van der Waals surface area contributed by atoms with Crippen LogP contribution in [0.25, 0.3) is 10.9 Å². The van der Waals surface area contributed by atoms with E-state index in [1.165, 1.54) is 0 Å². The first-order chi connectivity index (χ1) is 14.2. The molecule has 1 saturated heterocycles. The van der Waals surface area contributed by atoms with Crippen molar-refractivity contribution in [3.63, 3.8) is 0 Å². The SMILES string of the molecule is COc1cccc2c(C(=O)Nc3cc(C)ccn3)nn(CCN3CCOCC3)c12. The lowest BCUT2D eigenvalue weighted by Crippen LogP contribution is -2.38. The van der Waals surface area contributed by atoms with Crippen molar-refractivity contribution in [2.75, 3.05) is 45.3 Å². The Morgan fingerprint density at radius 1 is 1.24 bits per heavy atom. The number of morpholine rings is 1. The molecule has 4 rings (SSSR count). The van der Waals surface area contributed by atoms with Crippen molar-refractivity contribution in [3.8, 4) is 5.75 Å². The first kappa shape index (κ1) is 19.4. The van der Waals surface area contributed by atoms with Gasteiger partial charge in [0, 0.05) is 31.2 Å². The van der Waals surface area contributed by atoms with Crippen LogP contribution in [0.2, 0.25) is 0 Å². The summed E-state index contributed by atoms with van der Waals surface area (Å²) >= 11 is 0. The maximum absolute atomic E-state index is 13.0. The van der Waals surface area contributed by atoms with E-state index in [0.717, 1.165) is 49.3 Å². The van der Waals surface area contributed by atoms with Crippen molar-refractivity contribution in [3.05, 3.63) is 47.8 Å². The smallest absolute Gasteiger partial charge is 0.277 e. The number of ether oxygens (including phenoxy) is 2. The largest absolute Gasteiger partial charge is 0.494 e. The summed E-state index contributed by atoms with van der Waals surface area (Å²) in [6.45, 7) is 6.76. The van der Waals surface area contributed by atoms with E-state index in [0.29, 0.717) is 23.8 Å². The molecular weight excluding hydrogens is 370 g/mol. The van der Waals surface area contributed by atoms with E-state index in [-0.39, 0.29) is 5.91 Å². The molecule has 0 aliphatic carbocycles. The summed E-state index contributed by atoms with van der Waals surface area (Å²) in [5.41, 5.74) is 2.22. The highest BCUT2D eigenvalue weighted by Crippen LogP contribution is 2.28. The van der Waals surface area contributed by atoms with E-state index in [1.54, 1.807) is 13.3 Å². The second-order valence-corrected chi connectivity index (χ2v) is 7.05. The van der Waals surface area contributed by atoms with E-state index < -0.39 is 0 Å². The fourth-order valence-corrected chi connectivity index (χ4v) is 3.54. The number of aromatic nitrogens is 3. The number of anilines is 1. The van der Waals surface area contributed by atoms with Crippen LogP contribution in [0.15, 0.2) is 36.5 Å². The summed E-state index contributed by atoms with van der Waals surface area (Å²) < 4.78 is 12.8. The lowest BCUT2D eigenvalue weighted by atomic mass is 10.2. The highest BCUT2D eigenvalue weighted by Gasteiger charge is 2.21. The van der Waals surface area contributed by atoms with Gasteiger partial charge in [-0.25, -0.2) is 4.98 Å². The van der Waals surface area contributed by atoms with Gasteiger partial charge in [-0.15, -0.1) is 0 Å². The number of para-hydroxylation sites is 1. The molecule has 8 nitrogen and oxygen atoms in total. The normalized spacial score (nSPS) is 14.8. The first-order valence-electron chi connectivity index (χ1n) is 9.73. The zero-order valence-electron chi connectivity index (χ0n) is 16.7. The standard InChI is InChI=1S/C21H25N5O3/c1-15-6-7-22-18(14-15)23-21(27)19-16-4-3-5-17(28-2)20(16)26(24-19)9-8-25-10-12-29-13-11-25/h3-7,14H,8-13H2,1-2H3,(H,22,23,27). The Hall–Kier alpha value is -2.97. The number of carbonyl (C=O) groups excluding carboxylic acids is 1. The number of hydrogen-bond acceptors (Lipinski definition) is 6.